The van der Waals surface area contributed by atoms with Gasteiger partial charge in [-0.05, 0) is 22.3 Å². The molecular weight excluding hydrogens is 406 g/mol. The van der Waals surface area contributed by atoms with E-state index in [-0.39, 0.29) is 11.7 Å². The lowest BCUT2D eigenvalue weighted by molar-refractivity contribution is 0.101. The van der Waals surface area contributed by atoms with Gasteiger partial charge in [0.25, 0.3) is 0 Å². The van der Waals surface area contributed by atoms with E-state index in [0.717, 1.165) is 39.1 Å². The Morgan fingerprint density at radius 1 is 0.818 bits per heavy atom. The van der Waals surface area contributed by atoms with Crippen LogP contribution in [0.3, 0.4) is 0 Å². The molecule has 0 saturated heterocycles. The Kier molecular flexibility index (Phi) is 4.37. The van der Waals surface area contributed by atoms with Gasteiger partial charge in [0.1, 0.15) is 0 Å². The molecule has 0 amide bonds. The van der Waals surface area contributed by atoms with Crippen molar-refractivity contribution in [1.82, 2.24) is 4.98 Å². The highest BCUT2D eigenvalue weighted by Gasteiger charge is 2.39. The van der Waals surface area contributed by atoms with Crippen molar-refractivity contribution in [3.8, 4) is 28.1 Å². The van der Waals surface area contributed by atoms with Crippen LogP contribution in [0.2, 0.25) is 0 Å². The lowest BCUT2D eigenvalue weighted by atomic mass is 9.91. The van der Waals surface area contributed by atoms with Crippen LogP contribution in [0.1, 0.15) is 34.3 Å². The van der Waals surface area contributed by atoms with E-state index >= 15 is 0 Å². The Hall–Kier alpha value is -4.24. The number of allylic oxidation sites excluding steroid dienone is 3. The smallest absolute Gasteiger partial charge is 0.233 e. The summed E-state index contributed by atoms with van der Waals surface area (Å²) >= 11 is 0. The van der Waals surface area contributed by atoms with Gasteiger partial charge in [-0.15, -0.1) is 0 Å². The molecule has 0 saturated carbocycles. The second-order valence-corrected chi connectivity index (χ2v) is 8.42. The van der Waals surface area contributed by atoms with Gasteiger partial charge in [-0.25, -0.2) is 0 Å². The Labute approximate surface area is 192 Å². The van der Waals surface area contributed by atoms with Gasteiger partial charge in [-0.1, -0.05) is 98.4 Å². The molecule has 1 aromatic heterocycles. The third kappa shape index (κ3) is 2.90. The summed E-state index contributed by atoms with van der Waals surface area (Å²) in [5.41, 5.74) is 7.91. The van der Waals surface area contributed by atoms with Crippen LogP contribution in [0.4, 0.5) is 0 Å². The molecular formula is C30H21NO2. The van der Waals surface area contributed by atoms with Crippen LogP contribution in [0.25, 0.3) is 28.0 Å². The monoisotopic (exact) mass is 427 g/mol. The van der Waals surface area contributed by atoms with Gasteiger partial charge < -0.3 is 4.74 Å². The molecule has 1 atom stereocenters. The van der Waals surface area contributed by atoms with E-state index in [9.17, 15) is 4.79 Å². The van der Waals surface area contributed by atoms with E-state index in [0.29, 0.717) is 17.1 Å². The van der Waals surface area contributed by atoms with Gasteiger partial charge in [-0.3, -0.25) is 9.78 Å². The molecule has 0 bridgehead atoms. The quantitative estimate of drug-likeness (QED) is 0.321. The standard InChI is InChI=1S/C30H21NO2/c1-18-19(2)25(23-16-10-9-15-22(18)23)30-29(32)27-24(33-30)17-31-28(21-13-7-4-8-14-21)26(27)20-11-5-3-6-12-20/h3-18H,2H2,1H3. The van der Waals surface area contributed by atoms with E-state index in [1.54, 1.807) is 6.20 Å². The maximum Gasteiger partial charge on any atom is 0.233 e. The molecule has 0 radical (unpaired) electrons. The minimum atomic E-state index is -0.122. The van der Waals surface area contributed by atoms with Gasteiger partial charge in [-0.2, -0.15) is 0 Å². The zero-order valence-electron chi connectivity index (χ0n) is 18.2. The largest absolute Gasteiger partial charge is 0.450 e. The summed E-state index contributed by atoms with van der Waals surface area (Å²) in [7, 11) is 0. The summed E-state index contributed by atoms with van der Waals surface area (Å²) in [5, 5.41) is 0. The van der Waals surface area contributed by atoms with Crippen LogP contribution in [0.15, 0.2) is 109 Å². The Morgan fingerprint density at radius 2 is 1.45 bits per heavy atom. The Balaban J connectivity index is 1.61. The van der Waals surface area contributed by atoms with Gasteiger partial charge in [0, 0.05) is 22.6 Å². The lowest BCUT2D eigenvalue weighted by Crippen LogP contribution is -2.04. The number of pyridine rings is 1. The summed E-state index contributed by atoms with van der Waals surface area (Å²) in [6.45, 7) is 6.43. The predicted molar refractivity (Wildman–Crippen MR) is 131 cm³/mol. The zero-order valence-corrected chi connectivity index (χ0v) is 18.2. The molecule has 1 unspecified atom stereocenters. The van der Waals surface area contributed by atoms with Crippen LogP contribution in [0, 0.1) is 0 Å². The van der Waals surface area contributed by atoms with E-state index in [1.165, 1.54) is 5.56 Å². The van der Waals surface area contributed by atoms with Gasteiger partial charge in [0.05, 0.1) is 17.5 Å². The highest BCUT2D eigenvalue weighted by atomic mass is 16.5. The maximum absolute atomic E-state index is 14.0. The molecule has 2 aliphatic rings. The van der Waals surface area contributed by atoms with Crippen molar-refractivity contribution in [2.75, 3.05) is 0 Å². The molecule has 3 aromatic carbocycles. The number of carbonyl (C=O) groups excluding carboxylic acids is 1. The average Bonchev–Trinajstić information content (AvgIpc) is 3.33. The fourth-order valence-electron chi connectivity index (χ4n) is 4.88. The van der Waals surface area contributed by atoms with Crippen molar-refractivity contribution < 1.29 is 9.53 Å². The van der Waals surface area contributed by atoms with Crippen molar-refractivity contribution in [1.29, 1.82) is 0 Å². The molecule has 0 spiro atoms. The predicted octanol–water partition coefficient (Wildman–Crippen LogP) is 7.08. The first-order valence-corrected chi connectivity index (χ1v) is 11.0. The fraction of sp³-hybridized carbons (Fsp3) is 0.0667. The molecule has 3 nitrogen and oxygen atoms in total. The third-order valence-electron chi connectivity index (χ3n) is 6.57. The van der Waals surface area contributed by atoms with E-state index in [1.807, 2.05) is 78.9 Å². The third-order valence-corrected chi connectivity index (χ3v) is 6.57. The van der Waals surface area contributed by atoms with E-state index in [2.05, 4.69) is 19.6 Å². The SMILES string of the molecule is C=C1C(=C2Oc3cnc(-c4ccccc4)c(-c4ccccc4)c3C2=O)c2ccccc2C1C. The van der Waals surface area contributed by atoms with Crippen molar-refractivity contribution in [2.24, 2.45) is 0 Å². The summed E-state index contributed by atoms with van der Waals surface area (Å²) in [4.78, 5) is 18.7. The van der Waals surface area contributed by atoms with Gasteiger partial charge >= 0.3 is 0 Å². The number of nitrogens with zero attached hydrogens (tertiary/aromatic N) is 1. The number of fused-ring (bicyclic) bond motifs is 2. The van der Waals surface area contributed by atoms with Crippen molar-refractivity contribution in [3.05, 3.63) is 126 Å². The van der Waals surface area contributed by atoms with Crippen LogP contribution >= 0.6 is 0 Å². The molecule has 1 aliphatic carbocycles. The highest BCUT2D eigenvalue weighted by Crippen LogP contribution is 2.50. The molecule has 33 heavy (non-hydrogen) atoms. The lowest BCUT2D eigenvalue weighted by Gasteiger charge is -2.12. The van der Waals surface area contributed by atoms with Crippen LogP contribution in [0.5, 0.6) is 5.75 Å². The number of Topliss-reactive ketones (excluding diaryl/α,β-unsaturated/α-hetero) is 1. The summed E-state index contributed by atoms with van der Waals surface area (Å²) in [6, 6.07) is 28.0. The van der Waals surface area contributed by atoms with Crippen molar-refractivity contribution in [3.63, 3.8) is 0 Å². The van der Waals surface area contributed by atoms with Gasteiger partial charge in [0.15, 0.2) is 11.5 Å². The first-order valence-electron chi connectivity index (χ1n) is 11.0. The number of ether oxygens (including phenoxy) is 1. The number of ketones is 1. The number of aromatic nitrogens is 1. The second kappa shape index (κ2) is 7.42. The number of hydrogen-bond donors (Lipinski definition) is 0. The molecule has 158 valence electrons. The molecule has 0 N–H and O–H groups in total. The maximum atomic E-state index is 14.0. The Morgan fingerprint density at radius 3 is 2.18 bits per heavy atom. The first kappa shape index (κ1) is 19.4. The minimum Gasteiger partial charge on any atom is -0.450 e. The topological polar surface area (TPSA) is 39.2 Å². The van der Waals surface area contributed by atoms with E-state index in [4.69, 9.17) is 9.72 Å². The first-order chi connectivity index (χ1) is 16.1. The summed E-state index contributed by atoms with van der Waals surface area (Å²) < 4.78 is 6.24. The average molecular weight is 428 g/mol. The van der Waals surface area contributed by atoms with Crippen molar-refractivity contribution >= 4 is 11.4 Å². The van der Waals surface area contributed by atoms with E-state index < -0.39 is 0 Å². The summed E-state index contributed by atoms with van der Waals surface area (Å²) in [6.07, 6.45) is 1.67. The molecule has 4 aromatic rings. The fourth-order valence-corrected chi connectivity index (χ4v) is 4.88. The van der Waals surface area contributed by atoms with Crippen molar-refractivity contribution in [2.45, 2.75) is 12.8 Å². The number of hydrogen-bond acceptors (Lipinski definition) is 3. The zero-order chi connectivity index (χ0) is 22.5. The molecule has 2 heterocycles. The number of rotatable bonds is 2. The van der Waals surface area contributed by atoms with Crippen LogP contribution in [-0.2, 0) is 0 Å². The van der Waals surface area contributed by atoms with Crippen LogP contribution in [-0.4, -0.2) is 10.8 Å². The number of carbonyl (C=O) groups is 1. The second-order valence-electron chi connectivity index (χ2n) is 8.42. The van der Waals surface area contributed by atoms with Crippen LogP contribution < -0.4 is 4.74 Å². The highest BCUT2D eigenvalue weighted by molar-refractivity contribution is 6.22. The minimum absolute atomic E-state index is 0.122. The number of benzene rings is 3. The summed E-state index contributed by atoms with van der Waals surface area (Å²) in [5.74, 6) is 0.848. The molecule has 0 fully saturated rings. The molecule has 1 aliphatic heterocycles. The Bertz CT molecular complexity index is 1470. The molecule has 3 heteroatoms. The normalized spacial score (nSPS) is 18.8. The molecule has 6 rings (SSSR count). The van der Waals surface area contributed by atoms with Gasteiger partial charge in [0.2, 0.25) is 5.78 Å².